The zero-order valence-corrected chi connectivity index (χ0v) is 24.7. The highest BCUT2D eigenvalue weighted by atomic mass is 14.5. The molecule has 0 atom stereocenters. The third-order valence-electron chi connectivity index (χ3n) is 11.0. The second kappa shape index (κ2) is 7.18. The Labute approximate surface area is 242 Å². The molecule has 0 N–H and O–H groups in total. The molecule has 0 aliphatic heterocycles. The molecule has 9 rings (SSSR count). The number of hydrogen-bond donors (Lipinski definition) is 0. The quantitative estimate of drug-likeness (QED) is 0.185. The van der Waals surface area contributed by atoms with Crippen LogP contribution in [-0.2, 0) is 16.2 Å². The van der Waals surface area contributed by atoms with Crippen molar-refractivity contribution in [3.05, 3.63) is 130 Å². The van der Waals surface area contributed by atoms with Gasteiger partial charge < -0.3 is 0 Å². The molecule has 198 valence electrons. The lowest BCUT2D eigenvalue weighted by Gasteiger charge is -2.31. The molecule has 6 aromatic carbocycles. The summed E-state index contributed by atoms with van der Waals surface area (Å²) in [5.41, 5.74) is 17.2. The topological polar surface area (TPSA) is 0 Å². The van der Waals surface area contributed by atoms with E-state index >= 15 is 0 Å². The lowest BCUT2D eigenvalue weighted by atomic mass is 9.72. The van der Waals surface area contributed by atoms with E-state index in [2.05, 4.69) is 139 Å². The van der Waals surface area contributed by atoms with E-state index in [4.69, 9.17) is 0 Å². The SMILES string of the molecule is CC1(C)c2cc3c(cc2-c2c1ccc1ccccc21)C(C)(C)c1c-3ccc2c1C(C)(C)c1ccc3ccccc3c1-2. The van der Waals surface area contributed by atoms with Crippen molar-refractivity contribution in [2.24, 2.45) is 0 Å². The van der Waals surface area contributed by atoms with Gasteiger partial charge in [0.2, 0.25) is 0 Å². The fourth-order valence-electron chi connectivity index (χ4n) is 8.98. The van der Waals surface area contributed by atoms with E-state index < -0.39 is 0 Å². The van der Waals surface area contributed by atoms with Gasteiger partial charge in [0.25, 0.3) is 0 Å². The number of benzene rings is 6. The molecule has 0 saturated carbocycles. The third-order valence-corrected chi connectivity index (χ3v) is 11.0. The maximum Gasteiger partial charge on any atom is 0.0162 e. The summed E-state index contributed by atoms with van der Waals surface area (Å²) in [7, 11) is 0. The molecule has 0 fully saturated rings. The van der Waals surface area contributed by atoms with Gasteiger partial charge in [-0.05, 0) is 100 Å². The van der Waals surface area contributed by atoms with E-state index in [9.17, 15) is 0 Å². The summed E-state index contributed by atoms with van der Waals surface area (Å²) in [6.07, 6.45) is 0. The molecular weight excluding hydrogens is 492 g/mol. The van der Waals surface area contributed by atoms with E-state index in [0.29, 0.717) is 0 Å². The first-order valence-corrected chi connectivity index (χ1v) is 15.0. The average Bonchev–Trinajstić information content (AvgIpc) is 3.45. The number of hydrogen-bond acceptors (Lipinski definition) is 0. The Morgan fingerprint density at radius 1 is 0.366 bits per heavy atom. The summed E-state index contributed by atoms with van der Waals surface area (Å²) in [5, 5.41) is 5.38. The Morgan fingerprint density at radius 3 is 1.49 bits per heavy atom. The van der Waals surface area contributed by atoms with Crippen molar-refractivity contribution < 1.29 is 0 Å². The van der Waals surface area contributed by atoms with Gasteiger partial charge in [0, 0.05) is 16.2 Å². The highest BCUT2D eigenvalue weighted by Crippen LogP contribution is 2.62. The van der Waals surface area contributed by atoms with Crippen molar-refractivity contribution in [2.75, 3.05) is 0 Å². The Hall–Kier alpha value is -4.16. The average molecular weight is 527 g/mol. The van der Waals surface area contributed by atoms with Crippen LogP contribution in [0.1, 0.15) is 74.9 Å². The Balaban J connectivity index is 1.34. The van der Waals surface area contributed by atoms with Gasteiger partial charge in [-0.25, -0.2) is 0 Å². The van der Waals surface area contributed by atoms with Crippen LogP contribution in [0.15, 0.2) is 97.1 Å². The fraction of sp³-hybridized carbons (Fsp3) is 0.220. The molecule has 0 amide bonds. The zero-order valence-electron chi connectivity index (χ0n) is 24.7. The van der Waals surface area contributed by atoms with Crippen LogP contribution in [0.4, 0.5) is 0 Å². The van der Waals surface area contributed by atoms with Crippen molar-refractivity contribution >= 4 is 21.5 Å². The molecular formula is C41H34. The van der Waals surface area contributed by atoms with Crippen LogP contribution >= 0.6 is 0 Å². The lowest BCUT2D eigenvalue weighted by Crippen LogP contribution is -2.24. The standard InChI is InChI=1S/C41H34/c1-39(2)31-19-15-24-12-8-10-14-26(24)36(31)30-22-33-29(21-34(30)39)27-17-18-28-35-25-13-9-7-11-23(25)16-20-32(35)40(3,4)38(28)37(27)41(33,5)6/h7-22H,1-6H3. The molecule has 0 unspecified atom stereocenters. The minimum atomic E-state index is -0.0996. The van der Waals surface area contributed by atoms with Crippen molar-refractivity contribution in [1.82, 2.24) is 0 Å². The van der Waals surface area contributed by atoms with Crippen molar-refractivity contribution in [3.63, 3.8) is 0 Å². The molecule has 3 aliphatic rings. The van der Waals surface area contributed by atoms with Gasteiger partial charge in [0.1, 0.15) is 0 Å². The zero-order chi connectivity index (χ0) is 28.1. The summed E-state index contributed by atoms with van der Waals surface area (Å²) < 4.78 is 0. The van der Waals surface area contributed by atoms with Crippen LogP contribution < -0.4 is 0 Å². The van der Waals surface area contributed by atoms with Gasteiger partial charge in [-0.15, -0.1) is 0 Å². The molecule has 0 heteroatoms. The van der Waals surface area contributed by atoms with Crippen LogP contribution in [0.25, 0.3) is 54.9 Å². The number of fused-ring (bicyclic) bond motifs is 14. The molecule has 0 heterocycles. The predicted molar refractivity (Wildman–Crippen MR) is 174 cm³/mol. The molecule has 3 aliphatic carbocycles. The van der Waals surface area contributed by atoms with Crippen LogP contribution in [-0.4, -0.2) is 0 Å². The smallest absolute Gasteiger partial charge is 0.0162 e. The molecule has 0 saturated heterocycles. The lowest BCUT2D eigenvalue weighted by molar-refractivity contribution is 0.601. The van der Waals surface area contributed by atoms with Gasteiger partial charge in [-0.2, -0.15) is 0 Å². The molecule has 0 aromatic heterocycles. The molecule has 0 radical (unpaired) electrons. The largest absolute Gasteiger partial charge is 0.0616 e. The maximum absolute atomic E-state index is 2.57. The summed E-state index contributed by atoms with van der Waals surface area (Å²) in [5.74, 6) is 0. The van der Waals surface area contributed by atoms with Gasteiger partial charge in [0.15, 0.2) is 0 Å². The monoisotopic (exact) mass is 526 g/mol. The van der Waals surface area contributed by atoms with E-state index in [-0.39, 0.29) is 16.2 Å². The van der Waals surface area contributed by atoms with Gasteiger partial charge in [-0.1, -0.05) is 126 Å². The second-order valence-corrected chi connectivity index (χ2v) is 14.1. The van der Waals surface area contributed by atoms with E-state index in [1.54, 1.807) is 0 Å². The van der Waals surface area contributed by atoms with E-state index in [1.807, 2.05) is 0 Å². The van der Waals surface area contributed by atoms with Crippen molar-refractivity contribution in [1.29, 1.82) is 0 Å². The van der Waals surface area contributed by atoms with Crippen LogP contribution in [0.3, 0.4) is 0 Å². The summed E-state index contributed by atoms with van der Waals surface area (Å²) in [4.78, 5) is 0. The highest BCUT2D eigenvalue weighted by molar-refractivity contribution is 6.06. The Morgan fingerprint density at radius 2 is 0.829 bits per heavy atom. The maximum atomic E-state index is 2.57. The summed E-state index contributed by atoms with van der Waals surface area (Å²) in [6.45, 7) is 14.6. The van der Waals surface area contributed by atoms with Crippen LogP contribution in [0.2, 0.25) is 0 Å². The number of rotatable bonds is 0. The van der Waals surface area contributed by atoms with E-state index in [1.165, 1.54) is 88.3 Å². The molecule has 6 aromatic rings. The first-order valence-electron chi connectivity index (χ1n) is 15.0. The normalized spacial score (nSPS) is 17.6. The predicted octanol–water partition coefficient (Wildman–Crippen LogP) is 10.9. The highest BCUT2D eigenvalue weighted by Gasteiger charge is 2.47. The second-order valence-electron chi connectivity index (χ2n) is 14.1. The molecule has 0 bridgehead atoms. The van der Waals surface area contributed by atoms with E-state index in [0.717, 1.165) is 0 Å². The van der Waals surface area contributed by atoms with Crippen molar-refractivity contribution in [3.8, 4) is 33.4 Å². The fourth-order valence-corrected chi connectivity index (χ4v) is 8.98. The van der Waals surface area contributed by atoms with Gasteiger partial charge >= 0.3 is 0 Å². The first-order chi connectivity index (χ1) is 19.6. The van der Waals surface area contributed by atoms with Gasteiger partial charge in [0.05, 0.1) is 0 Å². The molecule has 41 heavy (non-hydrogen) atoms. The molecule has 0 nitrogen and oxygen atoms in total. The molecule has 0 spiro atoms. The van der Waals surface area contributed by atoms with Crippen LogP contribution in [0.5, 0.6) is 0 Å². The summed E-state index contributed by atoms with van der Waals surface area (Å²) >= 11 is 0. The van der Waals surface area contributed by atoms with Crippen molar-refractivity contribution in [2.45, 2.75) is 57.8 Å². The summed E-state index contributed by atoms with van der Waals surface area (Å²) in [6, 6.07) is 37.2. The Kier molecular flexibility index (Phi) is 4.12. The van der Waals surface area contributed by atoms with Gasteiger partial charge in [-0.3, -0.25) is 0 Å². The Bertz CT molecular complexity index is 2170. The minimum Gasteiger partial charge on any atom is -0.0616 e. The third kappa shape index (κ3) is 2.63. The minimum absolute atomic E-state index is 0.0399. The first kappa shape index (κ1) is 23.5. The van der Waals surface area contributed by atoms with Crippen LogP contribution in [0, 0.1) is 0 Å².